The van der Waals surface area contributed by atoms with Crippen LogP contribution in [0.15, 0.2) is 0 Å². The van der Waals surface area contributed by atoms with Crippen LogP contribution >= 0.6 is 0 Å². The van der Waals surface area contributed by atoms with Crippen LogP contribution in [-0.2, 0) is 0 Å². The summed E-state index contributed by atoms with van der Waals surface area (Å²) in [5, 5.41) is 13.3. The first kappa shape index (κ1) is 9.74. The Balaban J connectivity index is 1.67. The number of tetrazole rings is 1. The van der Waals surface area contributed by atoms with Crippen LogP contribution in [0.2, 0.25) is 0 Å². The van der Waals surface area contributed by atoms with Crippen molar-refractivity contribution in [3.05, 3.63) is 5.82 Å². The van der Waals surface area contributed by atoms with Crippen LogP contribution in [0.1, 0.15) is 36.3 Å². The first-order valence-corrected chi connectivity index (χ1v) is 5.85. The highest BCUT2D eigenvalue weighted by atomic mass is 16.2. The Kier molecular flexibility index (Phi) is 2.34. The SMILES string of the molecule is O=C(c1nn[nH]n1)N(CC1CC1)CC1CC1. The van der Waals surface area contributed by atoms with Crippen molar-refractivity contribution in [2.24, 2.45) is 11.8 Å². The predicted molar refractivity (Wildman–Crippen MR) is 55.5 cm³/mol. The van der Waals surface area contributed by atoms with E-state index < -0.39 is 0 Å². The number of carbonyl (C=O) groups excluding carboxylic acids is 1. The lowest BCUT2D eigenvalue weighted by molar-refractivity contribution is 0.0727. The molecule has 1 aromatic rings. The van der Waals surface area contributed by atoms with Crippen molar-refractivity contribution in [2.75, 3.05) is 13.1 Å². The summed E-state index contributed by atoms with van der Waals surface area (Å²) < 4.78 is 0. The number of H-pyrrole nitrogens is 1. The van der Waals surface area contributed by atoms with Crippen LogP contribution in [0.4, 0.5) is 0 Å². The molecule has 3 rings (SSSR count). The van der Waals surface area contributed by atoms with Crippen molar-refractivity contribution in [1.82, 2.24) is 25.5 Å². The average molecular weight is 221 g/mol. The van der Waals surface area contributed by atoms with E-state index in [2.05, 4.69) is 20.6 Å². The highest BCUT2D eigenvalue weighted by molar-refractivity contribution is 5.90. The molecule has 0 unspecified atom stereocenters. The molecule has 0 bridgehead atoms. The van der Waals surface area contributed by atoms with E-state index in [4.69, 9.17) is 0 Å². The van der Waals surface area contributed by atoms with Crippen LogP contribution in [0.25, 0.3) is 0 Å². The largest absolute Gasteiger partial charge is 0.335 e. The zero-order valence-electron chi connectivity index (χ0n) is 9.09. The van der Waals surface area contributed by atoms with Crippen molar-refractivity contribution < 1.29 is 4.79 Å². The molecule has 86 valence electrons. The highest BCUT2D eigenvalue weighted by Crippen LogP contribution is 2.34. The van der Waals surface area contributed by atoms with E-state index in [0.29, 0.717) is 11.8 Å². The van der Waals surface area contributed by atoms with Gasteiger partial charge in [0.15, 0.2) is 0 Å². The minimum absolute atomic E-state index is 0.0763. The molecule has 1 amide bonds. The zero-order chi connectivity index (χ0) is 11.0. The third-order valence-corrected chi connectivity index (χ3v) is 3.17. The van der Waals surface area contributed by atoms with Crippen LogP contribution in [0, 0.1) is 11.8 Å². The summed E-state index contributed by atoms with van der Waals surface area (Å²) in [4.78, 5) is 14.0. The maximum atomic E-state index is 12.1. The topological polar surface area (TPSA) is 74.8 Å². The number of hydrogen-bond donors (Lipinski definition) is 1. The van der Waals surface area contributed by atoms with Gasteiger partial charge < -0.3 is 4.90 Å². The summed E-state index contributed by atoms with van der Waals surface area (Å²) in [6.45, 7) is 1.73. The van der Waals surface area contributed by atoms with Crippen molar-refractivity contribution in [3.63, 3.8) is 0 Å². The molecule has 0 radical (unpaired) electrons. The molecule has 2 aliphatic carbocycles. The van der Waals surface area contributed by atoms with Gasteiger partial charge in [0.25, 0.3) is 11.7 Å². The van der Waals surface area contributed by atoms with Gasteiger partial charge in [-0.25, -0.2) is 0 Å². The van der Waals surface area contributed by atoms with Gasteiger partial charge in [-0.15, -0.1) is 10.2 Å². The Morgan fingerprint density at radius 2 is 1.88 bits per heavy atom. The Hall–Kier alpha value is -1.46. The number of aromatic amines is 1. The molecule has 0 atom stereocenters. The van der Waals surface area contributed by atoms with Gasteiger partial charge in [-0.1, -0.05) is 0 Å². The number of amides is 1. The fourth-order valence-corrected chi connectivity index (χ4v) is 1.86. The van der Waals surface area contributed by atoms with Crippen LogP contribution < -0.4 is 0 Å². The third kappa shape index (κ3) is 2.20. The van der Waals surface area contributed by atoms with Gasteiger partial charge in [-0.3, -0.25) is 4.79 Å². The first-order valence-electron chi connectivity index (χ1n) is 5.85. The van der Waals surface area contributed by atoms with E-state index >= 15 is 0 Å². The highest BCUT2D eigenvalue weighted by Gasteiger charge is 2.32. The minimum atomic E-state index is -0.0763. The van der Waals surface area contributed by atoms with E-state index in [1.165, 1.54) is 25.7 Å². The summed E-state index contributed by atoms with van der Waals surface area (Å²) in [6.07, 6.45) is 5.00. The lowest BCUT2D eigenvalue weighted by atomic mass is 10.3. The summed E-state index contributed by atoms with van der Waals surface area (Å²) >= 11 is 0. The Morgan fingerprint density at radius 3 is 2.31 bits per heavy atom. The van der Waals surface area contributed by atoms with E-state index in [1.54, 1.807) is 0 Å². The van der Waals surface area contributed by atoms with Gasteiger partial charge in [-0.05, 0) is 42.7 Å². The van der Waals surface area contributed by atoms with Gasteiger partial charge in [0.1, 0.15) is 0 Å². The number of rotatable bonds is 5. The predicted octanol–water partition coefficient (Wildman–Crippen LogP) is 0.462. The lowest BCUT2D eigenvalue weighted by Gasteiger charge is -2.20. The maximum Gasteiger partial charge on any atom is 0.295 e. The van der Waals surface area contributed by atoms with Crippen LogP contribution in [0.3, 0.4) is 0 Å². The molecule has 1 N–H and O–H groups in total. The zero-order valence-corrected chi connectivity index (χ0v) is 9.09. The maximum absolute atomic E-state index is 12.1. The van der Waals surface area contributed by atoms with E-state index in [1.807, 2.05) is 4.90 Å². The summed E-state index contributed by atoms with van der Waals surface area (Å²) in [6, 6.07) is 0. The Morgan fingerprint density at radius 1 is 1.25 bits per heavy atom. The fourth-order valence-electron chi connectivity index (χ4n) is 1.86. The van der Waals surface area contributed by atoms with Crippen molar-refractivity contribution in [2.45, 2.75) is 25.7 Å². The van der Waals surface area contributed by atoms with Crippen molar-refractivity contribution >= 4 is 5.91 Å². The molecule has 2 aliphatic rings. The first-order chi connectivity index (χ1) is 7.83. The average Bonchev–Trinajstić information content (AvgIpc) is 3.20. The van der Waals surface area contributed by atoms with E-state index in [0.717, 1.165) is 13.1 Å². The summed E-state index contributed by atoms with van der Waals surface area (Å²) in [5.74, 6) is 1.53. The lowest BCUT2D eigenvalue weighted by Crippen LogP contribution is -2.35. The smallest absolute Gasteiger partial charge is 0.295 e. The number of aromatic nitrogens is 4. The van der Waals surface area contributed by atoms with Crippen molar-refractivity contribution in [1.29, 1.82) is 0 Å². The minimum Gasteiger partial charge on any atom is -0.335 e. The van der Waals surface area contributed by atoms with Gasteiger partial charge in [0, 0.05) is 13.1 Å². The second-order valence-corrected chi connectivity index (χ2v) is 4.83. The van der Waals surface area contributed by atoms with Crippen molar-refractivity contribution in [3.8, 4) is 0 Å². The molecule has 16 heavy (non-hydrogen) atoms. The van der Waals surface area contributed by atoms with Gasteiger partial charge in [0.2, 0.25) is 0 Å². The molecule has 0 aromatic carbocycles. The summed E-state index contributed by atoms with van der Waals surface area (Å²) in [5.41, 5.74) is 0. The molecular formula is C10H15N5O. The quantitative estimate of drug-likeness (QED) is 0.784. The molecule has 2 saturated carbocycles. The van der Waals surface area contributed by atoms with E-state index in [9.17, 15) is 4.79 Å². The second-order valence-electron chi connectivity index (χ2n) is 4.83. The Bertz CT molecular complexity index is 355. The van der Waals surface area contributed by atoms with E-state index in [-0.39, 0.29) is 11.7 Å². The van der Waals surface area contributed by atoms with Crippen LogP contribution in [-0.4, -0.2) is 44.5 Å². The molecular weight excluding hydrogens is 206 g/mol. The molecule has 1 aromatic heterocycles. The monoisotopic (exact) mass is 221 g/mol. The molecule has 2 fully saturated rings. The third-order valence-electron chi connectivity index (χ3n) is 3.17. The van der Waals surface area contributed by atoms with Crippen LogP contribution in [0.5, 0.6) is 0 Å². The molecule has 6 nitrogen and oxygen atoms in total. The molecule has 0 aliphatic heterocycles. The molecule has 6 heteroatoms. The molecule has 1 heterocycles. The van der Waals surface area contributed by atoms with Gasteiger partial charge >= 0.3 is 0 Å². The van der Waals surface area contributed by atoms with Gasteiger partial charge in [0.05, 0.1) is 0 Å². The number of hydrogen-bond acceptors (Lipinski definition) is 4. The number of carbonyl (C=O) groups is 1. The normalized spacial score (nSPS) is 19.8. The second kappa shape index (κ2) is 3.84. The molecule has 0 saturated heterocycles. The number of nitrogens with one attached hydrogen (secondary N) is 1. The number of nitrogens with zero attached hydrogens (tertiary/aromatic N) is 4. The molecule has 0 spiro atoms. The standard InChI is InChI=1S/C10H15N5O/c16-10(9-11-13-14-12-9)15(5-7-1-2-7)6-8-3-4-8/h7-8H,1-6H2,(H,11,12,13,14). The fraction of sp³-hybridized carbons (Fsp3) is 0.800. The van der Waals surface area contributed by atoms with Gasteiger partial charge in [-0.2, -0.15) is 5.21 Å². The summed E-state index contributed by atoms with van der Waals surface area (Å²) in [7, 11) is 0. The Labute approximate surface area is 93.4 Å².